The van der Waals surface area contributed by atoms with Gasteiger partial charge in [-0.25, -0.2) is 0 Å². The van der Waals surface area contributed by atoms with E-state index in [0.29, 0.717) is 11.4 Å². The Balaban J connectivity index is 1.43. The number of hydrogen-bond acceptors (Lipinski definition) is 5. The van der Waals surface area contributed by atoms with Crippen LogP contribution in [-0.4, -0.2) is 23.3 Å². The summed E-state index contributed by atoms with van der Waals surface area (Å²) in [6.45, 7) is 0.136. The van der Waals surface area contributed by atoms with E-state index >= 15 is 0 Å². The predicted octanol–water partition coefficient (Wildman–Crippen LogP) is 4.15. The van der Waals surface area contributed by atoms with Crippen LogP contribution in [0.25, 0.3) is 0 Å². The van der Waals surface area contributed by atoms with Crippen molar-refractivity contribution < 1.29 is 19.2 Å². The zero-order valence-electron chi connectivity index (χ0n) is 15.9. The van der Waals surface area contributed by atoms with Gasteiger partial charge in [0.15, 0.2) is 0 Å². The van der Waals surface area contributed by atoms with Gasteiger partial charge in [-0.2, -0.15) is 0 Å². The molecule has 0 heterocycles. The molecule has 0 fully saturated rings. The topological polar surface area (TPSA) is 111 Å². The molecule has 0 bridgehead atoms. The molecule has 0 aliphatic rings. The molecule has 2 amide bonds. The van der Waals surface area contributed by atoms with E-state index < -0.39 is 10.8 Å². The van der Waals surface area contributed by atoms with Gasteiger partial charge in [-0.1, -0.05) is 18.2 Å². The Morgan fingerprint density at radius 1 is 0.867 bits per heavy atom. The fraction of sp³-hybridized carbons (Fsp3) is 0.0909. The number of amides is 2. The highest BCUT2D eigenvalue weighted by atomic mass is 16.6. The zero-order valence-corrected chi connectivity index (χ0v) is 15.9. The molecular weight excluding hydrogens is 386 g/mol. The van der Waals surface area contributed by atoms with Gasteiger partial charge >= 0.3 is 0 Å². The van der Waals surface area contributed by atoms with E-state index in [0.717, 1.165) is 5.75 Å². The molecule has 0 atom stereocenters. The second kappa shape index (κ2) is 9.83. The lowest BCUT2D eigenvalue weighted by atomic mass is 10.2. The van der Waals surface area contributed by atoms with Crippen molar-refractivity contribution in [1.29, 1.82) is 0 Å². The second-order valence-electron chi connectivity index (χ2n) is 6.30. The maximum absolute atomic E-state index is 12.1. The molecule has 152 valence electrons. The van der Waals surface area contributed by atoms with Crippen molar-refractivity contribution in [3.63, 3.8) is 0 Å². The van der Waals surface area contributed by atoms with Gasteiger partial charge in [0.25, 0.3) is 11.6 Å². The number of benzene rings is 3. The molecule has 3 aromatic carbocycles. The van der Waals surface area contributed by atoms with Crippen LogP contribution in [0.1, 0.15) is 16.8 Å². The summed E-state index contributed by atoms with van der Waals surface area (Å²) >= 11 is 0. The van der Waals surface area contributed by atoms with E-state index in [-0.39, 0.29) is 30.1 Å². The summed E-state index contributed by atoms with van der Waals surface area (Å²) in [4.78, 5) is 34.2. The Hall–Kier alpha value is -4.20. The number of nitro benzene ring substituents is 1. The fourth-order valence-corrected chi connectivity index (χ4v) is 2.58. The molecule has 0 unspecified atom stereocenters. The third-order valence-electron chi connectivity index (χ3n) is 4.09. The number of ether oxygens (including phenoxy) is 1. The van der Waals surface area contributed by atoms with Gasteiger partial charge < -0.3 is 15.4 Å². The van der Waals surface area contributed by atoms with Crippen molar-refractivity contribution in [1.82, 2.24) is 5.32 Å². The summed E-state index contributed by atoms with van der Waals surface area (Å²) < 4.78 is 5.69. The quantitative estimate of drug-likeness (QED) is 0.432. The standard InChI is InChI=1S/C22H19N3O5/c26-21(14-15-23-22(27)16-6-10-18(11-7-16)25(28)29)24-17-8-12-20(13-9-17)30-19-4-2-1-3-5-19/h1-13H,14-15H2,(H,23,27)(H,24,26). The van der Waals surface area contributed by atoms with E-state index in [1.54, 1.807) is 24.3 Å². The Kier molecular flexibility index (Phi) is 6.73. The first-order valence-electron chi connectivity index (χ1n) is 9.17. The van der Waals surface area contributed by atoms with E-state index in [9.17, 15) is 19.7 Å². The first-order chi connectivity index (χ1) is 14.5. The van der Waals surface area contributed by atoms with Crippen molar-refractivity contribution >= 4 is 23.2 Å². The highest BCUT2D eigenvalue weighted by molar-refractivity contribution is 5.95. The lowest BCUT2D eigenvalue weighted by Crippen LogP contribution is -2.27. The molecule has 0 aliphatic heterocycles. The van der Waals surface area contributed by atoms with Crippen LogP contribution in [0.3, 0.4) is 0 Å². The molecule has 3 aromatic rings. The van der Waals surface area contributed by atoms with Gasteiger partial charge in [0.1, 0.15) is 11.5 Å². The molecule has 2 N–H and O–H groups in total. The molecule has 8 heteroatoms. The molecule has 0 aromatic heterocycles. The van der Waals surface area contributed by atoms with E-state index in [1.165, 1.54) is 24.3 Å². The predicted molar refractivity (Wildman–Crippen MR) is 112 cm³/mol. The summed E-state index contributed by atoms with van der Waals surface area (Å²) in [6.07, 6.45) is 0.0843. The normalized spacial score (nSPS) is 10.1. The lowest BCUT2D eigenvalue weighted by Gasteiger charge is -2.09. The van der Waals surface area contributed by atoms with Crippen LogP contribution in [0.2, 0.25) is 0 Å². The lowest BCUT2D eigenvalue weighted by molar-refractivity contribution is -0.384. The minimum atomic E-state index is -0.535. The maximum Gasteiger partial charge on any atom is 0.269 e. The third-order valence-corrected chi connectivity index (χ3v) is 4.09. The minimum absolute atomic E-state index is 0.0843. The first kappa shape index (κ1) is 20.5. The number of nitro groups is 1. The molecular formula is C22H19N3O5. The van der Waals surface area contributed by atoms with E-state index in [2.05, 4.69) is 10.6 Å². The van der Waals surface area contributed by atoms with Gasteiger partial charge in [0.05, 0.1) is 4.92 Å². The molecule has 0 radical (unpaired) electrons. The van der Waals surface area contributed by atoms with Crippen LogP contribution in [0.15, 0.2) is 78.9 Å². The number of carbonyl (C=O) groups is 2. The summed E-state index contributed by atoms with van der Waals surface area (Å²) in [5.74, 6) is 0.712. The highest BCUT2D eigenvalue weighted by Crippen LogP contribution is 2.22. The minimum Gasteiger partial charge on any atom is -0.457 e. The Morgan fingerprint density at radius 2 is 1.50 bits per heavy atom. The van der Waals surface area contributed by atoms with Crippen molar-refractivity contribution in [3.8, 4) is 11.5 Å². The Bertz CT molecular complexity index is 1020. The molecule has 30 heavy (non-hydrogen) atoms. The first-order valence-corrected chi connectivity index (χ1v) is 9.17. The number of nitrogens with one attached hydrogen (secondary N) is 2. The average molecular weight is 405 g/mol. The number of nitrogens with zero attached hydrogens (tertiary/aromatic N) is 1. The van der Waals surface area contributed by atoms with Gasteiger partial charge in [0.2, 0.25) is 5.91 Å². The largest absolute Gasteiger partial charge is 0.457 e. The number of anilines is 1. The van der Waals surface area contributed by atoms with E-state index in [1.807, 2.05) is 30.3 Å². The van der Waals surface area contributed by atoms with Gasteiger partial charge in [-0.15, -0.1) is 0 Å². The van der Waals surface area contributed by atoms with Crippen molar-refractivity contribution in [2.45, 2.75) is 6.42 Å². The average Bonchev–Trinajstić information content (AvgIpc) is 2.76. The highest BCUT2D eigenvalue weighted by Gasteiger charge is 2.10. The number of hydrogen-bond donors (Lipinski definition) is 2. The zero-order chi connectivity index (χ0) is 21.3. The second-order valence-corrected chi connectivity index (χ2v) is 6.30. The molecule has 0 spiro atoms. The van der Waals surface area contributed by atoms with Crippen LogP contribution < -0.4 is 15.4 Å². The summed E-state index contributed by atoms with van der Waals surface area (Å²) in [7, 11) is 0. The van der Waals surface area contributed by atoms with Crippen LogP contribution >= 0.6 is 0 Å². The van der Waals surface area contributed by atoms with Gasteiger partial charge in [0, 0.05) is 36.3 Å². The van der Waals surface area contributed by atoms with Gasteiger partial charge in [-0.05, 0) is 48.5 Å². The van der Waals surface area contributed by atoms with Crippen LogP contribution in [0.5, 0.6) is 11.5 Å². The molecule has 8 nitrogen and oxygen atoms in total. The third kappa shape index (κ3) is 5.90. The monoisotopic (exact) mass is 405 g/mol. The van der Waals surface area contributed by atoms with Crippen molar-refractivity contribution in [2.75, 3.05) is 11.9 Å². The fourth-order valence-electron chi connectivity index (χ4n) is 2.58. The number of carbonyl (C=O) groups excluding carboxylic acids is 2. The number of para-hydroxylation sites is 1. The number of non-ortho nitro benzene ring substituents is 1. The Labute approximate surface area is 172 Å². The molecule has 3 rings (SSSR count). The molecule has 0 saturated heterocycles. The van der Waals surface area contributed by atoms with Crippen molar-refractivity contribution in [3.05, 3.63) is 94.5 Å². The number of rotatable bonds is 8. The molecule has 0 aliphatic carbocycles. The van der Waals surface area contributed by atoms with Crippen LogP contribution in [0.4, 0.5) is 11.4 Å². The van der Waals surface area contributed by atoms with Crippen LogP contribution in [0, 0.1) is 10.1 Å². The summed E-state index contributed by atoms with van der Waals surface area (Å²) in [5, 5.41) is 16.0. The Morgan fingerprint density at radius 3 is 2.13 bits per heavy atom. The maximum atomic E-state index is 12.1. The molecule has 0 saturated carbocycles. The summed E-state index contributed by atoms with van der Waals surface area (Å²) in [6, 6.07) is 21.6. The van der Waals surface area contributed by atoms with Crippen LogP contribution in [-0.2, 0) is 4.79 Å². The summed E-state index contributed by atoms with van der Waals surface area (Å²) in [5.41, 5.74) is 0.809. The van der Waals surface area contributed by atoms with Crippen molar-refractivity contribution in [2.24, 2.45) is 0 Å². The van der Waals surface area contributed by atoms with Gasteiger partial charge in [-0.3, -0.25) is 19.7 Å². The van der Waals surface area contributed by atoms with E-state index in [4.69, 9.17) is 4.74 Å². The SMILES string of the molecule is O=C(CCNC(=O)c1ccc([N+](=O)[O-])cc1)Nc1ccc(Oc2ccccc2)cc1. The smallest absolute Gasteiger partial charge is 0.269 e.